The molecule has 0 radical (unpaired) electrons. The average Bonchev–Trinajstić information content (AvgIpc) is 2.35. The third-order valence-corrected chi connectivity index (χ3v) is 2.36. The lowest BCUT2D eigenvalue weighted by molar-refractivity contribution is 0.0953. The Morgan fingerprint density at radius 3 is 2.32 bits per heavy atom. The maximum Gasteiger partial charge on any atom is 0.319 e. The zero-order valence-corrected chi connectivity index (χ0v) is 11.6. The van der Waals surface area contributed by atoms with E-state index in [4.69, 9.17) is 0 Å². The van der Waals surface area contributed by atoms with Crippen LogP contribution in [0, 0.1) is 0 Å². The second-order valence-corrected chi connectivity index (χ2v) is 4.59. The van der Waals surface area contributed by atoms with E-state index in [2.05, 4.69) is 16.0 Å². The molecule has 0 aliphatic heterocycles. The predicted octanol–water partition coefficient (Wildman–Crippen LogP) is 2.36. The zero-order chi connectivity index (χ0) is 14.3. The van der Waals surface area contributed by atoms with Crippen molar-refractivity contribution in [2.75, 3.05) is 11.9 Å². The first kappa shape index (κ1) is 15.0. The molecule has 0 heterocycles. The number of urea groups is 1. The first-order chi connectivity index (χ1) is 9.02. The summed E-state index contributed by atoms with van der Waals surface area (Å²) in [6.07, 6.45) is 0.904. The molecular weight excluding hydrogens is 242 g/mol. The molecule has 3 amide bonds. The lowest BCUT2D eigenvalue weighted by atomic mass is 10.2. The van der Waals surface area contributed by atoms with Gasteiger partial charge in [-0.2, -0.15) is 0 Å². The Hall–Kier alpha value is -2.04. The molecule has 0 aliphatic carbocycles. The van der Waals surface area contributed by atoms with Gasteiger partial charge in [0.25, 0.3) is 5.91 Å². The number of rotatable bonds is 5. The van der Waals surface area contributed by atoms with Crippen molar-refractivity contribution in [2.24, 2.45) is 0 Å². The van der Waals surface area contributed by atoms with Gasteiger partial charge in [0.15, 0.2) is 0 Å². The highest BCUT2D eigenvalue weighted by Gasteiger charge is 2.06. The standard InChI is InChI=1S/C14H21N3O2/c1-4-9-15-13(18)11-5-7-12(8-6-11)17-14(19)16-10(2)3/h5-8,10H,4,9H2,1-3H3,(H,15,18)(H2,16,17,19). The number of amides is 3. The second-order valence-electron chi connectivity index (χ2n) is 4.59. The molecule has 1 aromatic rings. The second kappa shape index (κ2) is 7.41. The normalized spacial score (nSPS) is 10.1. The molecule has 0 aromatic heterocycles. The summed E-state index contributed by atoms with van der Waals surface area (Å²) in [6.45, 7) is 6.44. The van der Waals surface area contributed by atoms with E-state index >= 15 is 0 Å². The van der Waals surface area contributed by atoms with Gasteiger partial charge in [-0.3, -0.25) is 4.79 Å². The smallest absolute Gasteiger partial charge is 0.319 e. The van der Waals surface area contributed by atoms with Crippen LogP contribution in [0.2, 0.25) is 0 Å². The van der Waals surface area contributed by atoms with E-state index in [-0.39, 0.29) is 18.0 Å². The van der Waals surface area contributed by atoms with Crippen LogP contribution in [0.3, 0.4) is 0 Å². The van der Waals surface area contributed by atoms with Gasteiger partial charge in [-0.05, 0) is 44.5 Å². The monoisotopic (exact) mass is 263 g/mol. The summed E-state index contributed by atoms with van der Waals surface area (Å²) >= 11 is 0. The van der Waals surface area contributed by atoms with Crippen LogP contribution in [0.25, 0.3) is 0 Å². The van der Waals surface area contributed by atoms with Crippen molar-refractivity contribution in [3.63, 3.8) is 0 Å². The van der Waals surface area contributed by atoms with Crippen LogP contribution in [0.4, 0.5) is 10.5 Å². The number of hydrogen-bond donors (Lipinski definition) is 3. The van der Waals surface area contributed by atoms with Crippen molar-refractivity contribution < 1.29 is 9.59 Å². The summed E-state index contributed by atoms with van der Waals surface area (Å²) in [7, 11) is 0. The number of carbonyl (C=O) groups is 2. The van der Waals surface area contributed by atoms with Gasteiger partial charge >= 0.3 is 6.03 Å². The first-order valence-corrected chi connectivity index (χ1v) is 6.48. The van der Waals surface area contributed by atoms with E-state index < -0.39 is 0 Å². The maximum absolute atomic E-state index is 11.7. The molecule has 5 heteroatoms. The highest BCUT2D eigenvalue weighted by atomic mass is 16.2. The molecule has 0 spiro atoms. The number of hydrogen-bond acceptors (Lipinski definition) is 2. The number of anilines is 1. The van der Waals surface area contributed by atoms with E-state index in [0.717, 1.165) is 6.42 Å². The van der Waals surface area contributed by atoms with Gasteiger partial charge in [0.1, 0.15) is 0 Å². The Morgan fingerprint density at radius 1 is 1.16 bits per heavy atom. The Labute approximate surface area is 113 Å². The summed E-state index contributed by atoms with van der Waals surface area (Å²) in [5, 5.41) is 8.22. The molecule has 0 unspecified atom stereocenters. The number of nitrogens with one attached hydrogen (secondary N) is 3. The van der Waals surface area contributed by atoms with Crippen LogP contribution in [-0.2, 0) is 0 Å². The van der Waals surface area contributed by atoms with Gasteiger partial charge in [-0.1, -0.05) is 6.92 Å². The van der Waals surface area contributed by atoms with Crippen LogP contribution in [0.5, 0.6) is 0 Å². The highest BCUT2D eigenvalue weighted by Crippen LogP contribution is 2.09. The first-order valence-electron chi connectivity index (χ1n) is 6.48. The van der Waals surface area contributed by atoms with Crippen LogP contribution in [-0.4, -0.2) is 24.5 Å². The topological polar surface area (TPSA) is 70.2 Å². The molecule has 1 rings (SSSR count). The van der Waals surface area contributed by atoms with Crippen LogP contribution in [0.1, 0.15) is 37.6 Å². The van der Waals surface area contributed by atoms with Crippen LogP contribution >= 0.6 is 0 Å². The quantitative estimate of drug-likeness (QED) is 0.763. The van der Waals surface area contributed by atoms with Gasteiger partial charge < -0.3 is 16.0 Å². The van der Waals surface area contributed by atoms with E-state index in [1.165, 1.54) is 0 Å². The largest absolute Gasteiger partial charge is 0.352 e. The average molecular weight is 263 g/mol. The third kappa shape index (κ3) is 5.42. The minimum absolute atomic E-state index is 0.0825. The van der Waals surface area contributed by atoms with E-state index in [0.29, 0.717) is 17.8 Å². The SMILES string of the molecule is CCCNC(=O)c1ccc(NC(=O)NC(C)C)cc1. The maximum atomic E-state index is 11.7. The van der Waals surface area contributed by atoms with Crippen molar-refractivity contribution in [1.82, 2.24) is 10.6 Å². The molecule has 5 nitrogen and oxygen atoms in total. The van der Waals surface area contributed by atoms with Gasteiger partial charge in [-0.15, -0.1) is 0 Å². The summed E-state index contributed by atoms with van der Waals surface area (Å²) < 4.78 is 0. The van der Waals surface area contributed by atoms with Gasteiger partial charge in [0.05, 0.1) is 0 Å². The molecule has 0 saturated heterocycles. The zero-order valence-electron chi connectivity index (χ0n) is 11.6. The van der Waals surface area contributed by atoms with Gasteiger partial charge in [-0.25, -0.2) is 4.79 Å². The summed E-state index contributed by atoms with van der Waals surface area (Å²) in [6, 6.07) is 6.63. The minimum atomic E-state index is -0.252. The molecule has 0 saturated carbocycles. The Kier molecular flexibility index (Phi) is 5.85. The molecule has 0 aliphatic rings. The molecule has 1 aromatic carbocycles. The lowest BCUT2D eigenvalue weighted by Gasteiger charge is -2.10. The van der Waals surface area contributed by atoms with E-state index in [1.54, 1.807) is 24.3 Å². The van der Waals surface area contributed by atoms with Crippen LogP contribution < -0.4 is 16.0 Å². The fraction of sp³-hybridized carbons (Fsp3) is 0.429. The molecule has 0 bridgehead atoms. The fourth-order valence-electron chi connectivity index (χ4n) is 1.47. The minimum Gasteiger partial charge on any atom is -0.352 e. The van der Waals surface area contributed by atoms with Crippen molar-refractivity contribution >= 4 is 17.6 Å². The van der Waals surface area contributed by atoms with Crippen molar-refractivity contribution in [3.05, 3.63) is 29.8 Å². The Morgan fingerprint density at radius 2 is 1.79 bits per heavy atom. The van der Waals surface area contributed by atoms with Crippen molar-refractivity contribution in [3.8, 4) is 0 Å². The third-order valence-electron chi connectivity index (χ3n) is 2.36. The van der Waals surface area contributed by atoms with Crippen molar-refractivity contribution in [2.45, 2.75) is 33.2 Å². The molecule has 3 N–H and O–H groups in total. The fourth-order valence-corrected chi connectivity index (χ4v) is 1.47. The summed E-state index contributed by atoms with van der Waals surface area (Å²) in [5.41, 5.74) is 1.24. The molecular formula is C14H21N3O2. The predicted molar refractivity (Wildman–Crippen MR) is 76.4 cm³/mol. The lowest BCUT2D eigenvalue weighted by Crippen LogP contribution is -2.34. The summed E-state index contributed by atoms with van der Waals surface area (Å²) in [4.78, 5) is 23.2. The number of benzene rings is 1. The molecule has 0 fully saturated rings. The van der Waals surface area contributed by atoms with E-state index in [9.17, 15) is 9.59 Å². The van der Waals surface area contributed by atoms with Gasteiger partial charge in [0, 0.05) is 23.8 Å². The van der Waals surface area contributed by atoms with Crippen LogP contribution in [0.15, 0.2) is 24.3 Å². The van der Waals surface area contributed by atoms with Gasteiger partial charge in [0.2, 0.25) is 0 Å². The Balaban J connectivity index is 2.56. The molecule has 0 atom stereocenters. The Bertz CT molecular complexity index is 427. The van der Waals surface area contributed by atoms with E-state index in [1.807, 2.05) is 20.8 Å². The number of carbonyl (C=O) groups excluding carboxylic acids is 2. The molecule has 104 valence electrons. The highest BCUT2D eigenvalue weighted by molar-refractivity contribution is 5.95. The van der Waals surface area contributed by atoms with Crippen molar-refractivity contribution in [1.29, 1.82) is 0 Å². The molecule has 19 heavy (non-hydrogen) atoms. The summed E-state index contributed by atoms with van der Waals surface area (Å²) in [5.74, 6) is -0.0972.